The fourth-order valence-corrected chi connectivity index (χ4v) is 9.45. The van der Waals surface area contributed by atoms with Crippen LogP contribution in [-0.2, 0) is 89.3 Å². The van der Waals surface area contributed by atoms with Gasteiger partial charge in [-0.25, -0.2) is 15.0 Å². The van der Waals surface area contributed by atoms with Crippen LogP contribution in [0.3, 0.4) is 0 Å². The van der Waals surface area contributed by atoms with Gasteiger partial charge >= 0.3 is 0 Å². The van der Waals surface area contributed by atoms with E-state index in [1.165, 1.54) is 44.2 Å². The van der Waals surface area contributed by atoms with Gasteiger partial charge in [-0.3, -0.25) is 38.9 Å². The van der Waals surface area contributed by atoms with Gasteiger partial charge in [-0.2, -0.15) is 0 Å². The maximum Gasteiger partial charge on any atom is 0.291 e. The first-order valence-corrected chi connectivity index (χ1v) is 32.7. The van der Waals surface area contributed by atoms with E-state index in [0.29, 0.717) is 133 Å². The molecule has 0 aliphatic carbocycles. The number of aryl methyl sites for hydroxylation is 5. The van der Waals surface area contributed by atoms with Crippen molar-refractivity contribution in [3.8, 4) is 11.5 Å². The molecule has 2 aromatic carbocycles. The van der Waals surface area contributed by atoms with E-state index in [4.69, 9.17) is 53.1 Å². The lowest BCUT2D eigenvalue weighted by Gasteiger charge is -2.13. The molecule has 0 bridgehead atoms. The highest BCUT2D eigenvalue weighted by Crippen LogP contribution is 2.32. The molecule has 5 heterocycles. The number of amides is 6. The highest BCUT2D eigenvalue weighted by Gasteiger charge is 2.22. The zero-order chi connectivity index (χ0) is 72.1. The third kappa shape index (κ3) is 27.5. The standard InChI is InChI=1S/C66H91N17O18/c1-78-21-19-72-66(78)74-49-40-54(80(3)43-49)62(86)69-16-13-51(67)52-44-81(4)61(75-52)65(89)73-48-39-53(79(2)42-48)63(87)70-18-15-59(85)76-57-45-82(5)60(77-57)64(88)71-17-14-58(84)68-20-22-92-23-24-93-25-26-94-27-28-95-29-30-96-31-32-97-33-34-98-35-36-99-37-38-100-55-12-11-50(83(90)91)41-56(55)101-46-47-9-7-6-8-10-47/h6-12,19,21,39-45,51H,13-18,20,22-38,46,67H2,1-5H3,(H,68,84)(H,69,86)(H,70,87)(H,71,88)(H,72,74)(H,73,89)(H,76,85). The first kappa shape index (κ1) is 78.2. The van der Waals surface area contributed by atoms with Gasteiger partial charge in [-0.15, -0.1) is 0 Å². The number of nitrogens with two attached hydrogens (primary N) is 1. The lowest BCUT2D eigenvalue weighted by molar-refractivity contribution is -0.385. The maximum atomic E-state index is 13.4. The van der Waals surface area contributed by atoms with E-state index < -0.39 is 34.6 Å². The predicted octanol–water partition coefficient (Wildman–Crippen LogP) is 3.07. The highest BCUT2D eigenvalue weighted by molar-refractivity contribution is 6.03. The van der Waals surface area contributed by atoms with Gasteiger partial charge in [0.25, 0.3) is 29.3 Å². The number of carbonyl (C=O) groups excluding carboxylic acids is 6. The van der Waals surface area contributed by atoms with Crippen LogP contribution in [0.1, 0.15) is 78.8 Å². The zero-order valence-corrected chi connectivity index (χ0v) is 57.4. The molecule has 35 heteroatoms. The molecular weight excluding hydrogens is 1320 g/mol. The van der Waals surface area contributed by atoms with Crippen molar-refractivity contribution in [3.63, 3.8) is 0 Å². The number of aromatic nitrogens is 8. The Labute approximate surface area is 583 Å². The van der Waals surface area contributed by atoms with Crippen LogP contribution in [0.2, 0.25) is 0 Å². The third-order valence-electron chi connectivity index (χ3n) is 14.7. The lowest BCUT2D eigenvalue weighted by atomic mass is 10.1. The minimum Gasteiger partial charge on any atom is -0.487 e. The Hall–Kier alpha value is -10.1. The topological polar surface area (TPSA) is 411 Å². The van der Waals surface area contributed by atoms with Crippen LogP contribution in [-0.4, -0.2) is 217 Å². The van der Waals surface area contributed by atoms with Crippen LogP contribution in [0.15, 0.2) is 97.8 Å². The number of ether oxygens (including phenoxy) is 10. The van der Waals surface area contributed by atoms with E-state index in [1.54, 1.807) is 63.6 Å². The Morgan fingerprint density at radius 2 is 1.03 bits per heavy atom. The van der Waals surface area contributed by atoms with Crippen LogP contribution in [0.25, 0.3) is 0 Å². The average Bonchev–Trinajstić information content (AvgIpc) is 1.73. The molecule has 1 atom stereocenters. The van der Waals surface area contributed by atoms with Crippen LogP contribution in [0, 0.1) is 10.1 Å². The summed E-state index contributed by atoms with van der Waals surface area (Å²) in [5.74, 6) is -1.18. The lowest BCUT2D eigenvalue weighted by Crippen LogP contribution is -2.33. The number of nitro benzene ring substituents is 1. The molecule has 0 saturated heterocycles. The van der Waals surface area contributed by atoms with Gasteiger partial charge in [0.15, 0.2) is 23.1 Å². The molecule has 7 aromatic rings. The van der Waals surface area contributed by atoms with Gasteiger partial charge in [0.05, 0.1) is 140 Å². The van der Waals surface area contributed by atoms with E-state index in [9.17, 15) is 38.9 Å². The quantitative estimate of drug-likeness (QED) is 0.0154. The van der Waals surface area contributed by atoms with Crippen molar-refractivity contribution in [2.24, 2.45) is 41.0 Å². The van der Waals surface area contributed by atoms with Crippen molar-refractivity contribution in [2.75, 3.05) is 154 Å². The molecule has 7 rings (SSSR count). The van der Waals surface area contributed by atoms with Crippen molar-refractivity contribution in [1.82, 2.24) is 59.1 Å². The number of nitrogens with one attached hydrogen (secondary N) is 7. The third-order valence-corrected chi connectivity index (χ3v) is 14.7. The van der Waals surface area contributed by atoms with Gasteiger partial charge in [-0.05, 0) is 30.2 Å². The van der Waals surface area contributed by atoms with Crippen molar-refractivity contribution < 1.29 is 81.1 Å². The molecule has 0 fully saturated rings. The maximum absolute atomic E-state index is 13.4. The normalized spacial score (nSPS) is 11.5. The predicted molar refractivity (Wildman–Crippen MR) is 367 cm³/mol. The fourth-order valence-electron chi connectivity index (χ4n) is 9.45. The number of imidazole rings is 3. The molecule has 548 valence electrons. The van der Waals surface area contributed by atoms with Crippen LogP contribution >= 0.6 is 0 Å². The smallest absolute Gasteiger partial charge is 0.291 e. The Bertz CT molecular complexity index is 3740. The molecule has 0 radical (unpaired) electrons. The number of hydrogen-bond donors (Lipinski definition) is 8. The number of carbonyl (C=O) groups is 6. The number of benzene rings is 2. The first-order chi connectivity index (χ1) is 48.9. The highest BCUT2D eigenvalue weighted by atomic mass is 16.6. The summed E-state index contributed by atoms with van der Waals surface area (Å²) in [6.07, 6.45) is 10.1. The summed E-state index contributed by atoms with van der Waals surface area (Å²) in [6.45, 7) is 6.92. The molecule has 101 heavy (non-hydrogen) atoms. The second kappa shape index (κ2) is 42.8. The largest absolute Gasteiger partial charge is 0.487 e. The minimum atomic E-state index is -0.595. The van der Waals surface area contributed by atoms with Gasteiger partial charge in [0, 0.05) is 118 Å². The van der Waals surface area contributed by atoms with Gasteiger partial charge in [0.2, 0.25) is 23.6 Å². The van der Waals surface area contributed by atoms with E-state index in [1.807, 2.05) is 48.1 Å². The first-order valence-electron chi connectivity index (χ1n) is 32.7. The Morgan fingerprint density at radius 1 is 0.505 bits per heavy atom. The van der Waals surface area contributed by atoms with E-state index in [-0.39, 0.29) is 112 Å². The molecule has 9 N–H and O–H groups in total. The van der Waals surface area contributed by atoms with Gasteiger partial charge < -0.3 is 113 Å². The summed E-state index contributed by atoms with van der Waals surface area (Å²) < 4.78 is 63.8. The van der Waals surface area contributed by atoms with E-state index >= 15 is 0 Å². The molecular formula is C66H91N17O18. The Balaban J connectivity index is 0.616. The number of nitrogens with zero attached hydrogens (tertiary/aromatic N) is 9. The van der Waals surface area contributed by atoms with E-state index in [2.05, 4.69) is 52.2 Å². The van der Waals surface area contributed by atoms with Crippen molar-refractivity contribution in [1.29, 1.82) is 0 Å². The second-order valence-electron chi connectivity index (χ2n) is 22.5. The summed E-state index contributed by atoms with van der Waals surface area (Å²) in [5, 5.41) is 30.8. The minimum absolute atomic E-state index is 0.00115. The number of nitro groups is 1. The van der Waals surface area contributed by atoms with Crippen LogP contribution in [0.5, 0.6) is 11.5 Å². The SMILES string of the molecule is Cn1cc(NC(=O)c2nc(C(N)CCNC(=O)c3cc(Nc4nccn4C)cn3C)cn2C)cc1C(=O)NCCC(=O)Nc1cn(C)c(C(=O)NCCC(=O)NCCOCCOCCOCCOCCOCCOCCOCCOCCOc2ccc([N+](=O)[O-])cc2OCc2ccccc2)n1. The molecule has 35 nitrogen and oxygen atoms in total. The molecule has 1 unspecified atom stereocenters. The summed E-state index contributed by atoms with van der Waals surface area (Å²) in [4.78, 5) is 101. The second-order valence-corrected chi connectivity index (χ2v) is 22.5. The van der Waals surface area contributed by atoms with Crippen molar-refractivity contribution in [3.05, 3.63) is 142 Å². The summed E-state index contributed by atoms with van der Waals surface area (Å²) in [7, 11) is 8.49. The molecule has 5 aromatic heterocycles. The van der Waals surface area contributed by atoms with Crippen LogP contribution in [0.4, 0.5) is 28.8 Å². The fraction of sp³-hybridized carbons (Fsp3) is 0.470. The number of hydrogen-bond acceptors (Lipinski definition) is 23. The summed E-state index contributed by atoms with van der Waals surface area (Å²) in [6, 6.07) is 16.3. The number of rotatable bonds is 50. The Morgan fingerprint density at radius 3 is 1.61 bits per heavy atom. The summed E-state index contributed by atoms with van der Waals surface area (Å²) >= 11 is 0. The van der Waals surface area contributed by atoms with Crippen LogP contribution < -0.4 is 52.4 Å². The monoisotopic (exact) mass is 1410 g/mol. The van der Waals surface area contributed by atoms with Gasteiger partial charge in [-0.1, -0.05) is 30.3 Å². The molecule has 0 aliphatic rings. The van der Waals surface area contributed by atoms with Crippen molar-refractivity contribution >= 4 is 64.3 Å². The molecule has 6 amide bonds. The van der Waals surface area contributed by atoms with E-state index in [0.717, 1.165) is 5.56 Å². The average molecular weight is 1410 g/mol. The molecule has 0 spiro atoms. The number of anilines is 4. The van der Waals surface area contributed by atoms with Crippen molar-refractivity contribution in [2.45, 2.75) is 31.9 Å². The Kier molecular flexibility index (Phi) is 33.1. The van der Waals surface area contributed by atoms with Gasteiger partial charge in [0.1, 0.15) is 24.6 Å². The number of non-ortho nitro benzene ring substituents is 1. The molecule has 0 saturated carbocycles. The zero-order valence-electron chi connectivity index (χ0n) is 57.4. The molecule has 0 aliphatic heterocycles. The summed E-state index contributed by atoms with van der Waals surface area (Å²) in [5.41, 5.74) is 9.38.